The lowest BCUT2D eigenvalue weighted by molar-refractivity contribution is -0.0500. The van der Waals surface area contributed by atoms with Crippen LogP contribution in [0.25, 0.3) is 0 Å². The minimum atomic E-state index is -4.59. The molecule has 0 bridgehead atoms. The summed E-state index contributed by atoms with van der Waals surface area (Å²) >= 11 is 2.45. The number of alkyl halides is 6. The molecule has 0 saturated heterocycles. The van der Waals surface area contributed by atoms with E-state index in [1.54, 1.807) is 0 Å². The summed E-state index contributed by atoms with van der Waals surface area (Å²) in [7, 11) is 0. The number of carbonyl (C=O) groups excluding carboxylic acids is 1. The maximum Gasteiger partial charge on any atom is 0.446 e. The summed E-state index contributed by atoms with van der Waals surface area (Å²) in [5.41, 5.74) is -4.91. The van der Waals surface area contributed by atoms with Gasteiger partial charge in [-0.2, -0.15) is 22.0 Å². The third-order valence-corrected chi connectivity index (χ3v) is 3.25. The Bertz CT molecular complexity index is 490. The van der Waals surface area contributed by atoms with Gasteiger partial charge in [-0.15, -0.1) is 0 Å². The summed E-state index contributed by atoms with van der Waals surface area (Å²) in [5, 5.41) is 0. The van der Waals surface area contributed by atoms with E-state index in [0.717, 1.165) is 18.2 Å². The number of carbonyl (C=O) groups is 1. The number of ketones is 1. The van der Waals surface area contributed by atoms with Crippen LogP contribution in [0, 0.1) is 0 Å². The van der Waals surface area contributed by atoms with Gasteiger partial charge in [0.25, 0.3) is 0 Å². The highest BCUT2D eigenvalue weighted by molar-refractivity contribution is 9.10. The third-order valence-electron chi connectivity index (χ3n) is 2.03. The number of hydrogen-bond donors (Lipinski definition) is 0. The fourth-order valence-corrected chi connectivity index (χ4v) is 2.21. The number of rotatable bonds is 5. The highest BCUT2D eigenvalue weighted by Crippen LogP contribution is 2.40. The van der Waals surface area contributed by atoms with Crippen molar-refractivity contribution in [2.75, 3.05) is 0 Å². The maximum absolute atomic E-state index is 12.4. The molecular formula is C11H8BrF5O2S. The van der Waals surface area contributed by atoms with E-state index in [0.29, 0.717) is 0 Å². The smallest absolute Gasteiger partial charge is 0.435 e. The van der Waals surface area contributed by atoms with Crippen LogP contribution in [0.1, 0.15) is 17.3 Å². The first-order chi connectivity index (χ1) is 9.10. The van der Waals surface area contributed by atoms with E-state index in [4.69, 9.17) is 0 Å². The van der Waals surface area contributed by atoms with Crippen LogP contribution in [-0.2, 0) is 0 Å². The average Bonchev–Trinajstić information content (AvgIpc) is 2.27. The number of hydrogen-bond acceptors (Lipinski definition) is 3. The van der Waals surface area contributed by atoms with Gasteiger partial charge in [0.2, 0.25) is 0 Å². The molecule has 0 amide bonds. The van der Waals surface area contributed by atoms with Crippen LogP contribution >= 0.6 is 27.7 Å². The van der Waals surface area contributed by atoms with E-state index in [9.17, 15) is 26.7 Å². The van der Waals surface area contributed by atoms with E-state index in [1.165, 1.54) is 6.92 Å². The lowest BCUT2D eigenvalue weighted by Crippen LogP contribution is -2.13. The molecule has 0 N–H and O–H groups in total. The van der Waals surface area contributed by atoms with Crippen molar-refractivity contribution in [3.63, 3.8) is 0 Å². The summed E-state index contributed by atoms with van der Waals surface area (Å²) in [5.74, 6) is -1.03. The second kappa shape index (κ2) is 6.75. The molecule has 0 aliphatic rings. The molecule has 1 aromatic rings. The van der Waals surface area contributed by atoms with Crippen molar-refractivity contribution in [2.24, 2.45) is 0 Å². The minimum Gasteiger partial charge on any atom is -0.435 e. The molecule has 0 heterocycles. The van der Waals surface area contributed by atoms with Crippen molar-refractivity contribution >= 4 is 33.5 Å². The molecule has 0 aliphatic heterocycles. The molecule has 1 aromatic carbocycles. The second-order valence-corrected chi connectivity index (χ2v) is 6.04. The Morgan fingerprint density at radius 3 is 2.40 bits per heavy atom. The third kappa shape index (κ3) is 5.28. The Morgan fingerprint density at radius 1 is 1.35 bits per heavy atom. The molecule has 0 saturated carbocycles. The molecular weight excluding hydrogens is 371 g/mol. The second-order valence-electron chi connectivity index (χ2n) is 3.56. The van der Waals surface area contributed by atoms with Gasteiger partial charge in [0.15, 0.2) is 5.78 Å². The molecule has 112 valence electrons. The molecule has 1 atom stereocenters. The van der Waals surface area contributed by atoms with Crippen molar-refractivity contribution in [1.29, 1.82) is 0 Å². The molecule has 1 rings (SSSR count). The zero-order valence-electron chi connectivity index (χ0n) is 9.88. The molecule has 20 heavy (non-hydrogen) atoms. The Labute approximate surface area is 123 Å². The predicted octanol–water partition coefficient (Wildman–Crippen LogP) is 4.87. The topological polar surface area (TPSA) is 26.3 Å². The van der Waals surface area contributed by atoms with Crippen molar-refractivity contribution in [3.8, 4) is 5.75 Å². The van der Waals surface area contributed by atoms with Crippen molar-refractivity contribution in [1.82, 2.24) is 0 Å². The van der Waals surface area contributed by atoms with Crippen molar-refractivity contribution in [2.45, 2.75) is 28.8 Å². The Morgan fingerprint density at radius 2 is 1.95 bits per heavy atom. The van der Waals surface area contributed by atoms with Gasteiger partial charge in [-0.1, -0.05) is 15.9 Å². The SMILES string of the molecule is CC(Br)C(=O)c1cc(OC(F)F)ccc1SC(F)(F)F. The van der Waals surface area contributed by atoms with Gasteiger partial charge in [-0.25, -0.2) is 0 Å². The summed E-state index contributed by atoms with van der Waals surface area (Å²) in [6.45, 7) is -1.70. The summed E-state index contributed by atoms with van der Waals surface area (Å²) in [6.07, 6.45) is 0. The highest BCUT2D eigenvalue weighted by Gasteiger charge is 2.32. The quantitative estimate of drug-likeness (QED) is 0.316. The Hall–Kier alpha value is -0.830. The van der Waals surface area contributed by atoms with Crippen LogP contribution in [0.2, 0.25) is 0 Å². The fraction of sp³-hybridized carbons (Fsp3) is 0.364. The Kier molecular flexibility index (Phi) is 5.81. The highest BCUT2D eigenvalue weighted by atomic mass is 79.9. The van der Waals surface area contributed by atoms with Crippen LogP contribution in [-0.4, -0.2) is 22.7 Å². The minimum absolute atomic E-state index is 0.324. The number of benzene rings is 1. The molecule has 0 radical (unpaired) electrons. The van der Waals surface area contributed by atoms with Gasteiger partial charge < -0.3 is 4.74 Å². The van der Waals surface area contributed by atoms with Gasteiger partial charge >= 0.3 is 12.1 Å². The van der Waals surface area contributed by atoms with Gasteiger partial charge in [-0.3, -0.25) is 4.79 Å². The molecule has 0 fully saturated rings. The monoisotopic (exact) mass is 378 g/mol. The van der Waals surface area contributed by atoms with Gasteiger partial charge in [0.05, 0.1) is 4.83 Å². The van der Waals surface area contributed by atoms with E-state index < -0.39 is 34.5 Å². The first kappa shape index (κ1) is 17.2. The molecule has 0 aromatic heterocycles. The van der Waals surface area contributed by atoms with E-state index >= 15 is 0 Å². The molecule has 0 spiro atoms. The number of halogens is 6. The maximum atomic E-state index is 12.4. The fourth-order valence-electron chi connectivity index (χ4n) is 1.31. The normalized spacial score (nSPS) is 13.4. The summed E-state index contributed by atoms with van der Waals surface area (Å²) in [4.78, 5) is 10.7. The van der Waals surface area contributed by atoms with Crippen molar-refractivity contribution in [3.05, 3.63) is 23.8 Å². The zero-order chi connectivity index (χ0) is 15.5. The van der Waals surface area contributed by atoms with Crippen molar-refractivity contribution < 1.29 is 31.5 Å². The summed E-state index contributed by atoms with van der Waals surface area (Å²) in [6, 6.07) is 2.76. The molecule has 9 heteroatoms. The first-order valence-corrected chi connectivity index (χ1v) is 6.86. The van der Waals surface area contributed by atoms with Gasteiger partial charge in [0.1, 0.15) is 5.75 Å². The van der Waals surface area contributed by atoms with E-state index in [-0.39, 0.29) is 16.2 Å². The number of thioether (sulfide) groups is 1. The van der Waals surface area contributed by atoms with Crippen LogP contribution in [0.5, 0.6) is 5.75 Å². The zero-order valence-corrected chi connectivity index (χ0v) is 12.3. The average molecular weight is 379 g/mol. The van der Waals surface area contributed by atoms with Gasteiger partial charge in [0, 0.05) is 10.5 Å². The number of ether oxygens (including phenoxy) is 1. The lowest BCUT2D eigenvalue weighted by Gasteiger charge is -2.13. The molecule has 2 nitrogen and oxygen atoms in total. The first-order valence-electron chi connectivity index (χ1n) is 5.13. The van der Waals surface area contributed by atoms with Crippen LogP contribution in [0.3, 0.4) is 0 Å². The predicted molar refractivity (Wildman–Crippen MR) is 67.7 cm³/mol. The lowest BCUT2D eigenvalue weighted by atomic mass is 10.1. The van der Waals surface area contributed by atoms with E-state index in [1.807, 2.05) is 0 Å². The van der Waals surface area contributed by atoms with Crippen LogP contribution in [0.15, 0.2) is 23.1 Å². The van der Waals surface area contributed by atoms with Gasteiger partial charge in [-0.05, 0) is 36.9 Å². The summed E-state index contributed by atoms with van der Waals surface area (Å²) < 4.78 is 65.4. The van der Waals surface area contributed by atoms with Crippen LogP contribution < -0.4 is 4.74 Å². The van der Waals surface area contributed by atoms with E-state index in [2.05, 4.69) is 20.7 Å². The standard InChI is InChI=1S/C11H8BrF5O2S/c1-5(12)9(18)7-4-6(19-10(13)14)2-3-8(7)20-11(15,16)17/h2-5,10H,1H3. The largest absolute Gasteiger partial charge is 0.446 e. The van der Waals surface area contributed by atoms with Crippen LogP contribution in [0.4, 0.5) is 22.0 Å². The number of Topliss-reactive ketones (excluding diaryl/α,β-unsaturated/α-hetero) is 1. The molecule has 0 aliphatic carbocycles. The molecule has 1 unspecified atom stereocenters. The Balaban J connectivity index is 3.19.